The third-order valence-electron chi connectivity index (χ3n) is 7.31. The molecule has 38 heavy (non-hydrogen) atoms. The van der Waals surface area contributed by atoms with Crippen molar-refractivity contribution in [2.24, 2.45) is 5.92 Å². The summed E-state index contributed by atoms with van der Waals surface area (Å²) in [5.74, 6) is 1.17. The minimum absolute atomic E-state index is 0.331. The second-order valence-electron chi connectivity index (χ2n) is 9.78. The van der Waals surface area contributed by atoms with Gasteiger partial charge in [0, 0.05) is 47.9 Å². The number of anilines is 1. The Labute approximate surface area is 227 Å². The smallest absolute Gasteiger partial charge is 0.243 e. The molecule has 1 N–H and O–H groups in total. The lowest BCUT2D eigenvalue weighted by molar-refractivity contribution is 0.282. The van der Waals surface area contributed by atoms with Crippen LogP contribution in [0.1, 0.15) is 12.8 Å². The molecule has 0 amide bonds. The minimum Gasteiger partial charge on any atom is -0.370 e. The maximum atomic E-state index is 13.5. The van der Waals surface area contributed by atoms with Gasteiger partial charge in [0.05, 0.1) is 10.6 Å². The number of rotatable bonds is 6. The lowest BCUT2D eigenvalue weighted by Crippen LogP contribution is -2.40. The summed E-state index contributed by atoms with van der Waals surface area (Å²) >= 11 is 6.47. The van der Waals surface area contributed by atoms with E-state index in [4.69, 9.17) is 16.6 Å². The molecule has 7 nitrogen and oxygen atoms in total. The zero-order chi connectivity index (χ0) is 26.3. The van der Waals surface area contributed by atoms with E-state index in [0.29, 0.717) is 35.5 Å². The summed E-state index contributed by atoms with van der Waals surface area (Å²) in [6.45, 7) is 1.70. The maximum Gasteiger partial charge on any atom is 0.243 e. The first kappa shape index (κ1) is 24.9. The van der Waals surface area contributed by atoms with Gasteiger partial charge in [-0.15, -0.1) is 0 Å². The summed E-state index contributed by atoms with van der Waals surface area (Å²) in [6.07, 6.45) is 3.36. The molecular formula is C28H27BClN5O2S. The molecule has 1 aliphatic rings. The van der Waals surface area contributed by atoms with Crippen LogP contribution in [-0.4, -0.2) is 54.8 Å². The first-order valence-corrected chi connectivity index (χ1v) is 14.6. The topological polar surface area (TPSA) is 79.6 Å². The molecule has 3 heterocycles. The number of piperidine rings is 1. The summed E-state index contributed by atoms with van der Waals surface area (Å²) in [4.78, 5) is 5.19. The average Bonchev–Trinajstić information content (AvgIpc) is 3.32. The molecule has 2 aromatic heterocycles. The van der Waals surface area contributed by atoms with Gasteiger partial charge in [0.1, 0.15) is 13.7 Å². The monoisotopic (exact) mass is 543 g/mol. The summed E-state index contributed by atoms with van der Waals surface area (Å²) in [5, 5.41) is 10.4. The summed E-state index contributed by atoms with van der Waals surface area (Å²) < 4.78 is 30.5. The molecule has 0 aliphatic carbocycles. The van der Waals surface area contributed by atoms with Crippen LogP contribution in [0.5, 0.6) is 0 Å². The van der Waals surface area contributed by atoms with Crippen molar-refractivity contribution in [3.63, 3.8) is 0 Å². The third-order valence-corrected chi connectivity index (χ3v) is 9.60. The number of benzene rings is 3. The van der Waals surface area contributed by atoms with E-state index in [1.54, 1.807) is 16.6 Å². The normalized spacial score (nSPS) is 15.3. The maximum absolute atomic E-state index is 13.5. The lowest BCUT2D eigenvalue weighted by atomic mass is 9.98. The van der Waals surface area contributed by atoms with Crippen molar-refractivity contribution in [3.05, 3.63) is 84.0 Å². The van der Waals surface area contributed by atoms with Crippen LogP contribution in [-0.2, 0) is 10.0 Å². The molecule has 0 bridgehead atoms. The molecule has 1 saturated heterocycles. The van der Waals surface area contributed by atoms with Crippen LogP contribution in [0.4, 0.5) is 5.82 Å². The average molecular weight is 544 g/mol. The Bertz CT molecular complexity index is 1740. The van der Waals surface area contributed by atoms with E-state index < -0.39 is 10.0 Å². The Hall–Kier alpha value is -3.40. The van der Waals surface area contributed by atoms with Crippen molar-refractivity contribution >= 4 is 57.2 Å². The highest BCUT2D eigenvalue weighted by Crippen LogP contribution is 2.30. The van der Waals surface area contributed by atoms with Crippen molar-refractivity contribution < 1.29 is 8.42 Å². The van der Waals surface area contributed by atoms with Gasteiger partial charge in [-0.05, 0) is 41.7 Å². The van der Waals surface area contributed by atoms with Crippen LogP contribution < -0.4 is 10.8 Å². The van der Waals surface area contributed by atoms with E-state index >= 15 is 0 Å². The van der Waals surface area contributed by atoms with Crippen molar-refractivity contribution in [1.82, 2.24) is 18.9 Å². The number of hydrogen-bond donors (Lipinski definition) is 1. The van der Waals surface area contributed by atoms with Crippen molar-refractivity contribution in [3.8, 4) is 11.3 Å². The van der Waals surface area contributed by atoms with Gasteiger partial charge in [-0.25, -0.2) is 13.4 Å². The first-order chi connectivity index (χ1) is 18.4. The number of halogens is 1. The third kappa shape index (κ3) is 4.55. The Morgan fingerprint density at radius 2 is 1.74 bits per heavy atom. The molecule has 0 saturated carbocycles. The number of hydrogen-bond acceptors (Lipinski definition) is 5. The summed E-state index contributed by atoms with van der Waals surface area (Å²) in [5.41, 5.74) is 3.41. The Morgan fingerprint density at radius 1 is 1.00 bits per heavy atom. The van der Waals surface area contributed by atoms with Gasteiger partial charge in [0.2, 0.25) is 10.0 Å². The Kier molecular flexibility index (Phi) is 6.59. The minimum atomic E-state index is -3.57. The van der Waals surface area contributed by atoms with Crippen molar-refractivity contribution in [2.45, 2.75) is 17.7 Å². The van der Waals surface area contributed by atoms with Gasteiger partial charge in [-0.3, -0.25) is 0 Å². The zero-order valence-corrected chi connectivity index (χ0v) is 22.6. The predicted molar refractivity (Wildman–Crippen MR) is 156 cm³/mol. The molecule has 0 spiro atoms. The number of nitrogens with zero attached hydrogens (tertiary/aromatic N) is 4. The number of fused-ring (bicyclic) bond motifs is 2. The SMILES string of the molecule is Bc1cnn2c(NCC3CCN(S(=O)(=O)c4cccc5ccccc45)CC3)cc(-c3ccccc3Cl)nc12. The van der Waals surface area contributed by atoms with Gasteiger partial charge in [-0.2, -0.15) is 13.9 Å². The number of nitrogens with one attached hydrogen (secondary N) is 1. The highest BCUT2D eigenvalue weighted by atomic mass is 35.5. The van der Waals surface area contributed by atoms with Crippen LogP contribution in [0.15, 0.2) is 83.9 Å². The molecule has 0 unspecified atom stereocenters. The van der Waals surface area contributed by atoms with Crippen LogP contribution in [0.25, 0.3) is 27.7 Å². The fraction of sp³-hybridized carbons (Fsp3) is 0.214. The quantitative estimate of drug-likeness (QED) is 0.328. The van der Waals surface area contributed by atoms with Gasteiger partial charge in [0.15, 0.2) is 5.65 Å². The second kappa shape index (κ2) is 10.1. The van der Waals surface area contributed by atoms with E-state index in [9.17, 15) is 8.42 Å². The first-order valence-electron chi connectivity index (χ1n) is 12.7. The van der Waals surface area contributed by atoms with Gasteiger partial charge in [-0.1, -0.05) is 66.2 Å². The molecule has 1 aliphatic heterocycles. The largest absolute Gasteiger partial charge is 0.370 e. The van der Waals surface area contributed by atoms with Crippen LogP contribution >= 0.6 is 11.6 Å². The van der Waals surface area contributed by atoms with E-state index in [0.717, 1.165) is 51.8 Å². The fourth-order valence-electron chi connectivity index (χ4n) is 5.17. The summed E-state index contributed by atoms with van der Waals surface area (Å²) in [7, 11) is -1.58. The molecule has 0 atom stereocenters. The molecule has 1 fully saturated rings. The second-order valence-corrected chi connectivity index (χ2v) is 12.1. The molecule has 10 heteroatoms. The zero-order valence-electron chi connectivity index (χ0n) is 21.0. The van der Waals surface area contributed by atoms with E-state index in [-0.39, 0.29) is 0 Å². The highest BCUT2D eigenvalue weighted by Gasteiger charge is 2.30. The van der Waals surface area contributed by atoms with E-state index in [1.807, 2.05) is 79.1 Å². The van der Waals surface area contributed by atoms with Crippen molar-refractivity contribution in [2.75, 3.05) is 25.0 Å². The standard InChI is InChI=1S/C28H27BClN5O2S/c29-23-18-32-35-27(16-25(33-28(23)35)22-9-3-4-10-24(22)30)31-17-19-12-14-34(15-13-19)38(36,37)26-11-5-7-20-6-1-2-8-21(20)26/h1-11,16,18-19,31H,12-15,17,29H2. The Morgan fingerprint density at radius 3 is 2.55 bits per heavy atom. The fourth-order valence-corrected chi connectivity index (χ4v) is 7.08. The van der Waals surface area contributed by atoms with Gasteiger partial charge in [0.25, 0.3) is 0 Å². The van der Waals surface area contributed by atoms with E-state index in [2.05, 4.69) is 10.4 Å². The molecule has 192 valence electrons. The van der Waals surface area contributed by atoms with Gasteiger partial charge >= 0.3 is 0 Å². The highest BCUT2D eigenvalue weighted by molar-refractivity contribution is 7.89. The van der Waals surface area contributed by atoms with Gasteiger partial charge < -0.3 is 5.32 Å². The van der Waals surface area contributed by atoms with Crippen molar-refractivity contribution in [1.29, 1.82) is 0 Å². The Balaban J connectivity index is 1.18. The summed E-state index contributed by atoms with van der Waals surface area (Å²) in [6, 6.07) is 22.7. The molecule has 6 rings (SSSR count). The lowest BCUT2D eigenvalue weighted by Gasteiger charge is -2.31. The van der Waals surface area contributed by atoms with E-state index in [1.165, 1.54) is 0 Å². The van der Waals surface area contributed by atoms with Crippen LogP contribution in [0.3, 0.4) is 0 Å². The number of aromatic nitrogens is 3. The predicted octanol–water partition coefficient (Wildman–Crippen LogP) is 3.97. The molecule has 3 aromatic carbocycles. The van der Waals surface area contributed by atoms with Crippen LogP contribution in [0.2, 0.25) is 5.02 Å². The molecular weight excluding hydrogens is 517 g/mol. The molecule has 5 aromatic rings. The molecule has 0 radical (unpaired) electrons. The number of sulfonamides is 1. The van der Waals surface area contributed by atoms with Crippen LogP contribution in [0, 0.1) is 5.92 Å².